The van der Waals surface area contributed by atoms with Gasteiger partial charge in [0.1, 0.15) is 0 Å². The maximum absolute atomic E-state index is 13.1. The number of amides is 2. The number of benzene rings is 2. The van der Waals surface area contributed by atoms with Crippen LogP contribution in [0.2, 0.25) is 0 Å². The molecule has 0 spiro atoms. The average molecular weight is 709 g/mol. The number of pyridine rings is 1. The summed E-state index contributed by atoms with van der Waals surface area (Å²) in [7, 11) is 0. The molecule has 2 aliphatic rings. The van der Waals surface area contributed by atoms with Gasteiger partial charge in [-0.2, -0.15) is 5.10 Å². The number of rotatable bonds is 15. The Balaban J connectivity index is 1.03. The zero-order valence-corrected chi connectivity index (χ0v) is 31.5. The molecule has 0 aliphatic carbocycles. The van der Waals surface area contributed by atoms with Crippen molar-refractivity contribution < 1.29 is 14.3 Å². The fourth-order valence-corrected chi connectivity index (χ4v) is 7.34. The highest BCUT2D eigenvalue weighted by Crippen LogP contribution is 2.31. The van der Waals surface area contributed by atoms with Crippen LogP contribution in [0, 0.1) is 6.92 Å². The number of hydrogen-bond donors (Lipinski definition) is 3. The Labute approximate surface area is 308 Å². The summed E-state index contributed by atoms with van der Waals surface area (Å²) in [6.45, 7) is 18.0. The normalized spacial score (nSPS) is 15.9. The second kappa shape index (κ2) is 17.9. The van der Waals surface area contributed by atoms with E-state index in [9.17, 15) is 9.59 Å². The summed E-state index contributed by atoms with van der Waals surface area (Å²) < 4.78 is 7.50. The lowest BCUT2D eigenvalue weighted by Crippen LogP contribution is -2.45. The first kappa shape index (κ1) is 37.4. The highest BCUT2D eigenvalue weighted by Gasteiger charge is 2.22. The van der Waals surface area contributed by atoms with Gasteiger partial charge in [0, 0.05) is 95.7 Å². The zero-order valence-electron chi connectivity index (χ0n) is 31.5. The number of piperazine rings is 1. The third-order valence-electron chi connectivity index (χ3n) is 10.6. The molecular weight excluding hydrogens is 653 g/mol. The van der Waals surface area contributed by atoms with Crippen molar-refractivity contribution in [2.75, 3.05) is 51.3 Å². The van der Waals surface area contributed by atoms with Crippen LogP contribution in [0.1, 0.15) is 74.4 Å². The molecule has 0 radical (unpaired) electrons. The fraction of sp³-hybridized carbons (Fsp3) is 0.512. The summed E-state index contributed by atoms with van der Waals surface area (Å²) in [5.74, 6) is -0.308. The van der Waals surface area contributed by atoms with Crippen LogP contribution in [0.4, 0.5) is 5.69 Å². The number of aromatic nitrogens is 3. The van der Waals surface area contributed by atoms with Crippen molar-refractivity contribution in [2.45, 2.75) is 92.0 Å². The topological polar surface area (TPSA) is 117 Å². The number of likely N-dealkylation sites (N-methyl/N-ethyl adjacent to an activating group) is 1. The largest absolute Gasteiger partial charge is 0.381 e. The second-order valence-electron chi connectivity index (χ2n) is 14.1. The van der Waals surface area contributed by atoms with Crippen molar-refractivity contribution in [1.29, 1.82) is 0 Å². The number of nitrogens with zero attached hydrogens (tertiary/aromatic N) is 5. The highest BCUT2D eigenvalue weighted by atomic mass is 16.5. The Bertz CT molecular complexity index is 1820. The van der Waals surface area contributed by atoms with E-state index in [-0.39, 0.29) is 30.7 Å². The second-order valence-corrected chi connectivity index (χ2v) is 14.1. The number of carbonyl (C=O) groups excluding carboxylic acids is 2. The molecule has 2 aromatic heterocycles. The van der Waals surface area contributed by atoms with Crippen LogP contribution in [0.3, 0.4) is 0 Å². The van der Waals surface area contributed by atoms with E-state index in [0.717, 1.165) is 112 Å². The molecule has 3 N–H and O–H groups in total. The van der Waals surface area contributed by atoms with E-state index in [0.29, 0.717) is 13.1 Å². The molecule has 4 aromatic rings. The first-order chi connectivity index (χ1) is 25.3. The minimum absolute atomic E-state index is 0.110. The molecule has 2 amide bonds. The third-order valence-corrected chi connectivity index (χ3v) is 10.6. The summed E-state index contributed by atoms with van der Waals surface area (Å²) in [6.07, 6.45) is 4.66. The molecule has 2 saturated heterocycles. The molecule has 6 rings (SSSR count). The first-order valence-corrected chi connectivity index (χ1v) is 19.2. The number of nitrogens with one attached hydrogen (secondary N) is 3. The van der Waals surface area contributed by atoms with E-state index >= 15 is 0 Å². The van der Waals surface area contributed by atoms with Crippen molar-refractivity contribution >= 4 is 28.5 Å². The Morgan fingerprint density at radius 3 is 2.31 bits per heavy atom. The monoisotopic (exact) mass is 708 g/mol. The Morgan fingerprint density at radius 2 is 1.60 bits per heavy atom. The smallest absolute Gasteiger partial charge is 0.220 e. The SMILES string of the molecule is CCc1nc2c(cnn2CC)c(NC2CCOCC2)c1CNC(=O)CCC(=O)NCc1ccc(C)c(-c2cccc(CN3CCN(CC)CC3)c2)c1. The predicted octanol–water partition coefficient (Wildman–Crippen LogP) is 5.43. The molecule has 2 aromatic carbocycles. The molecule has 2 fully saturated rings. The number of hydrogen-bond acceptors (Lipinski definition) is 8. The van der Waals surface area contributed by atoms with Crippen LogP contribution in [0.15, 0.2) is 48.7 Å². The van der Waals surface area contributed by atoms with Crippen LogP contribution < -0.4 is 16.0 Å². The maximum atomic E-state index is 13.1. The van der Waals surface area contributed by atoms with Gasteiger partial charge in [0.2, 0.25) is 11.8 Å². The molecule has 11 heteroatoms. The van der Waals surface area contributed by atoms with Gasteiger partial charge in [-0.25, -0.2) is 9.67 Å². The lowest BCUT2D eigenvalue weighted by Gasteiger charge is -2.34. The van der Waals surface area contributed by atoms with Crippen LogP contribution in [0.5, 0.6) is 0 Å². The van der Waals surface area contributed by atoms with Crippen molar-refractivity contribution in [2.24, 2.45) is 0 Å². The van der Waals surface area contributed by atoms with E-state index in [1.54, 1.807) is 0 Å². The number of aryl methyl sites for hydroxylation is 3. The molecule has 0 unspecified atom stereocenters. The molecule has 0 atom stereocenters. The van der Waals surface area contributed by atoms with Crippen LogP contribution in [-0.2, 0) is 46.9 Å². The van der Waals surface area contributed by atoms with Gasteiger partial charge >= 0.3 is 0 Å². The lowest BCUT2D eigenvalue weighted by atomic mass is 9.96. The molecule has 0 saturated carbocycles. The summed E-state index contributed by atoms with van der Waals surface area (Å²) in [6, 6.07) is 15.5. The predicted molar refractivity (Wildman–Crippen MR) is 207 cm³/mol. The molecule has 2 aliphatic heterocycles. The van der Waals surface area contributed by atoms with Gasteiger partial charge in [-0.3, -0.25) is 14.5 Å². The van der Waals surface area contributed by atoms with E-state index in [1.807, 2.05) is 10.9 Å². The molecule has 0 bridgehead atoms. The van der Waals surface area contributed by atoms with Gasteiger partial charge in [-0.1, -0.05) is 44.2 Å². The number of carbonyl (C=O) groups is 2. The summed E-state index contributed by atoms with van der Waals surface area (Å²) >= 11 is 0. The van der Waals surface area contributed by atoms with Crippen LogP contribution in [0.25, 0.3) is 22.2 Å². The fourth-order valence-electron chi connectivity index (χ4n) is 7.34. The minimum Gasteiger partial charge on any atom is -0.381 e. The Hall–Kier alpha value is -4.32. The Kier molecular flexibility index (Phi) is 12.9. The van der Waals surface area contributed by atoms with Gasteiger partial charge in [0.05, 0.1) is 17.3 Å². The van der Waals surface area contributed by atoms with Crippen LogP contribution >= 0.6 is 0 Å². The van der Waals surface area contributed by atoms with Crippen molar-refractivity contribution in [3.8, 4) is 11.1 Å². The van der Waals surface area contributed by atoms with E-state index in [4.69, 9.17) is 9.72 Å². The summed E-state index contributed by atoms with van der Waals surface area (Å²) in [5, 5.41) is 15.4. The van der Waals surface area contributed by atoms with Gasteiger partial charge < -0.3 is 25.6 Å². The summed E-state index contributed by atoms with van der Waals surface area (Å²) in [5.41, 5.74) is 9.68. The average Bonchev–Trinajstić information content (AvgIpc) is 3.60. The van der Waals surface area contributed by atoms with Crippen LogP contribution in [-0.4, -0.2) is 88.4 Å². The van der Waals surface area contributed by atoms with Crippen molar-refractivity contribution in [3.63, 3.8) is 0 Å². The first-order valence-electron chi connectivity index (χ1n) is 19.2. The van der Waals surface area contributed by atoms with Gasteiger partial charge in [0.25, 0.3) is 0 Å². The number of fused-ring (bicyclic) bond motifs is 1. The maximum Gasteiger partial charge on any atom is 0.220 e. The molecule has 11 nitrogen and oxygen atoms in total. The van der Waals surface area contributed by atoms with Gasteiger partial charge in [-0.15, -0.1) is 0 Å². The van der Waals surface area contributed by atoms with Crippen molar-refractivity contribution in [1.82, 2.24) is 35.2 Å². The molecule has 278 valence electrons. The zero-order chi connectivity index (χ0) is 36.5. The van der Waals surface area contributed by atoms with E-state index < -0.39 is 0 Å². The highest BCUT2D eigenvalue weighted by molar-refractivity contribution is 5.92. The molecular formula is C41H56N8O3. The third kappa shape index (κ3) is 9.36. The van der Waals surface area contributed by atoms with E-state index in [2.05, 4.69) is 101 Å². The lowest BCUT2D eigenvalue weighted by molar-refractivity contribution is -0.126. The van der Waals surface area contributed by atoms with Gasteiger partial charge in [0.15, 0.2) is 5.65 Å². The molecule has 52 heavy (non-hydrogen) atoms. The Morgan fingerprint density at radius 1 is 0.865 bits per heavy atom. The van der Waals surface area contributed by atoms with Crippen molar-refractivity contribution in [3.05, 3.63) is 76.6 Å². The minimum atomic E-state index is -0.164. The number of ether oxygens (including phenoxy) is 1. The number of anilines is 1. The summed E-state index contributed by atoms with van der Waals surface area (Å²) in [4.78, 5) is 36.0. The molecule has 4 heterocycles. The quantitative estimate of drug-likeness (QED) is 0.150. The van der Waals surface area contributed by atoms with E-state index in [1.165, 1.54) is 22.3 Å². The van der Waals surface area contributed by atoms with Gasteiger partial charge in [-0.05, 0) is 79.6 Å². The standard InChI is InChI=1S/C41H56N8O3/c1-5-37-35(40(45-33-15-21-52-22-16-33)36-27-44-49(7-3)41(36)46-37)26-43-39(51)14-13-38(50)42-25-30-12-11-29(4)34(24-30)32-10-8-9-31(23-32)28-48-19-17-47(6-2)18-20-48/h8-12,23-24,27,33H,5-7,13-22,25-26,28H2,1-4H3,(H,42,50)(H,43,51)(H,45,46).